The van der Waals surface area contributed by atoms with Gasteiger partial charge in [0.25, 0.3) is 5.89 Å². The van der Waals surface area contributed by atoms with Crippen LogP contribution in [0.4, 0.5) is 10.1 Å². The number of hydrogen-bond acceptors (Lipinski definition) is 5. The molecule has 35 heavy (non-hydrogen) atoms. The van der Waals surface area contributed by atoms with Crippen molar-refractivity contribution in [3.63, 3.8) is 0 Å². The van der Waals surface area contributed by atoms with Crippen molar-refractivity contribution < 1.29 is 13.7 Å². The van der Waals surface area contributed by atoms with Gasteiger partial charge in [-0.3, -0.25) is 4.90 Å². The number of nitrogens with one attached hydrogen (secondary N) is 1. The van der Waals surface area contributed by atoms with Crippen molar-refractivity contribution in [3.05, 3.63) is 101 Å². The van der Waals surface area contributed by atoms with Crippen LogP contribution in [-0.4, -0.2) is 22.4 Å². The lowest BCUT2D eigenvalue weighted by molar-refractivity contribution is 0.403. The average molecular weight is 487 g/mol. The molecule has 0 fully saturated rings. The molecule has 4 aromatic rings. The largest absolute Gasteiger partial charge is 0.497 e. The molecule has 0 spiro atoms. The van der Waals surface area contributed by atoms with Crippen LogP contribution in [0, 0.1) is 12.7 Å². The number of ether oxygens (including phenoxy) is 1. The Balaban J connectivity index is 1.66. The van der Waals surface area contributed by atoms with Gasteiger partial charge in [0.05, 0.1) is 18.7 Å². The first kappa shape index (κ1) is 22.7. The van der Waals surface area contributed by atoms with E-state index in [1.807, 2.05) is 67.3 Å². The van der Waals surface area contributed by atoms with E-state index < -0.39 is 0 Å². The first-order chi connectivity index (χ1) is 16.9. The number of hydrogen-bond donors (Lipinski definition) is 1. The van der Waals surface area contributed by atoms with Crippen molar-refractivity contribution in [3.8, 4) is 17.1 Å². The van der Waals surface area contributed by atoms with Crippen LogP contribution in [0.2, 0.25) is 0 Å². The highest BCUT2D eigenvalue weighted by Gasteiger charge is 2.35. The van der Waals surface area contributed by atoms with E-state index in [0.717, 1.165) is 39.4 Å². The molecule has 1 aliphatic heterocycles. The highest BCUT2D eigenvalue weighted by atomic mass is 32.1. The molecule has 1 aliphatic rings. The van der Waals surface area contributed by atoms with Gasteiger partial charge in [-0.05, 0) is 74.1 Å². The van der Waals surface area contributed by atoms with E-state index in [-0.39, 0.29) is 11.9 Å². The zero-order valence-electron chi connectivity index (χ0n) is 19.4. The fourth-order valence-electron chi connectivity index (χ4n) is 4.23. The molecule has 176 valence electrons. The van der Waals surface area contributed by atoms with Crippen LogP contribution in [-0.2, 0) is 0 Å². The fourth-order valence-corrected chi connectivity index (χ4v) is 4.59. The average Bonchev–Trinajstić information content (AvgIpc) is 3.35. The molecule has 0 saturated heterocycles. The smallest absolute Gasteiger partial charge is 0.258 e. The van der Waals surface area contributed by atoms with Crippen molar-refractivity contribution in [2.75, 3.05) is 12.0 Å². The lowest BCUT2D eigenvalue weighted by Gasteiger charge is -2.37. The maximum absolute atomic E-state index is 13.6. The van der Waals surface area contributed by atoms with Crippen LogP contribution < -0.4 is 15.0 Å². The van der Waals surface area contributed by atoms with E-state index in [4.69, 9.17) is 26.5 Å². The number of methoxy groups -OCH3 is 1. The van der Waals surface area contributed by atoms with E-state index in [1.54, 1.807) is 19.2 Å². The number of nitrogens with zero attached hydrogens (tertiary/aromatic N) is 3. The van der Waals surface area contributed by atoms with Gasteiger partial charge in [0, 0.05) is 16.9 Å². The lowest BCUT2D eigenvalue weighted by atomic mass is 9.94. The molecule has 1 aromatic heterocycles. The molecule has 1 N–H and O–H groups in total. The van der Waals surface area contributed by atoms with Crippen molar-refractivity contribution in [2.24, 2.45) is 0 Å². The SMILES string of the molecule is COc1cccc(C2NC(=S)N(c3ccc(F)cc3)C(C)=C2c2nc(-c3cccc(C)c3)no2)c1. The Kier molecular flexibility index (Phi) is 6.05. The highest BCUT2D eigenvalue weighted by molar-refractivity contribution is 7.80. The summed E-state index contributed by atoms with van der Waals surface area (Å²) >= 11 is 5.75. The van der Waals surface area contributed by atoms with Gasteiger partial charge < -0.3 is 14.6 Å². The summed E-state index contributed by atoms with van der Waals surface area (Å²) in [5, 5.41) is 8.14. The second-order valence-corrected chi connectivity index (χ2v) is 8.65. The molecule has 2 heterocycles. The Labute approximate surface area is 208 Å². The molecule has 5 rings (SSSR count). The summed E-state index contributed by atoms with van der Waals surface area (Å²) in [5.41, 5.74) is 5.18. The van der Waals surface area contributed by atoms with Crippen molar-refractivity contribution in [1.82, 2.24) is 15.5 Å². The number of halogens is 1. The van der Waals surface area contributed by atoms with E-state index in [2.05, 4.69) is 10.5 Å². The van der Waals surface area contributed by atoms with Gasteiger partial charge in [0.2, 0.25) is 5.82 Å². The summed E-state index contributed by atoms with van der Waals surface area (Å²) in [6.45, 7) is 3.96. The molecule has 0 aliphatic carbocycles. The molecule has 0 radical (unpaired) electrons. The van der Waals surface area contributed by atoms with Gasteiger partial charge >= 0.3 is 0 Å². The first-order valence-corrected chi connectivity index (χ1v) is 11.5. The maximum Gasteiger partial charge on any atom is 0.258 e. The molecule has 8 heteroatoms. The summed E-state index contributed by atoms with van der Waals surface area (Å²) in [6.07, 6.45) is 0. The third-order valence-corrected chi connectivity index (χ3v) is 6.23. The van der Waals surface area contributed by atoms with Crippen LogP contribution in [0.15, 0.2) is 83.0 Å². The van der Waals surface area contributed by atoms with Crippen LogP contribution in [0.5, 0.6) is 5.75 Å². The zero-order chi connectivity index (χ0) is 24.5. The van der Waals surface area contributed by atoms with Gasteiger partial charge in [-0.1, -0.05) is 41.1 Å². The molecule has 0 bridgehead atoms. The number of thiocarbonyl (C=S) groups is 1. The van der Waals surface area contributed by atoms with E-state index >= 15 is 0 Å². The van der Waals surface area contributed by atoms with E-state index in [1.165, 1.54) is 12.1 Å². The first-order valence-electron chi connectivity index (χ1n) is 11.1. The highest BCUT2D eigenvalue weighted by Crippen LogP contribution is 2.39. The molecule has 1 atom stereocenters. The van der Waals surface area contributed by atoms with Gasteiger partial charge in [0.1, 0.15) is 11.6 Å². The van der Waals surface area contributed by atoms with Gasteiger partial charge in [0.15, 0.2) is 5.11 Å². The predicted molar refractivity (Wildman–Crippen MR) is 137 cm³/mol. The Bertz CT molecular complexity index is 1430. The zero-order valence-corrected chi connectivity index (χ0v) is 20.3. The number of benzene rings is 3. The molecule has 3 aromatic carbocycles. The summed E-state index contributed by atoms with van der Waals surface area (Å²) in [4.78, 5) is 6.59. The molecule has 6 nitrogen and oxygen atoms in total. The van der Waals surface area contributed by atoms with Gasteiger partial charge in [-0.25, -0.2) is 4.39 Å². The van der Waals surface area contributed by atoms with Gasteiger partial charge in [-0.15, -0.1) is 0 Å². The Morgan fingerprint density at radius 3 is 2.54 bits per heavy atom. The van der Waals surface area contributed by atoms with Crippen LogP contribution >= 0.6 is 12.2 Å². The second-order valence-electron chi connectivity index (χ2n) is 8.26. The number of allylic oxidation sites excluding steroid dienone is 1. The quantitative estimate of drug-likeness (QED) is 0.344. The second kappa shape index (κ2) is 9.31. The minimum absolute atomic E-state index is 0.319. The monoisotopic (exact) mass is 486 g/mol. The number of anilines is 1. The lowest BCUT2D eigenvalue weighted by Crippen LogP contribution is -2.46. The number of aromatic nitrogens is 2. The standard InChI is InChI=1S/C27H23FN4O2S/c1-16-6-4-8-19(14-16)25-30-26(34-31-25)23-17(2)32(21-12-10-20(28)11-13-21)27(35)29-24(23)18-7-5-9-22(15-18)33-3/h4-15,24H,1-3H3,(H,29,35). The van der Waals surface area contributed by atoms with Crippen molar-refractivity contribution >= 4 is 28.6 Å². The number of rotatable bonds is 5. The van der Waals surface area contributed by atoms with Crippen LogP contribution in [0.1, 0.15) is 30.0 Å². The van der Waals surface area contributed by atoms with E-state index in [9.17, 15) is 4.39 Å². The topological polar surface area (TPSA) is 63.4 Å². The summed E-state index contributed by atoms with van der Waals surface area (Å²) < 4.78 is 24.8. The van der Waals surface area contributed by atoms with Gasteiger partial charge in [-0.2, -0.15) is 4.98 Å². The summed E-state index contributed by atoms with van der Waals surface area (Å²) in [7, 11) is 1.63. The molecule has 0 amide bonds. The molecular weight excluding hydrogens is 463 g/mol. The third-order valence-electron chi connectivity index (χ3n) is 5.93. The maximum atomic E-state index is 13.6. The van der Waals surface area contributed by atoms with Crippen LogP contribution in [0.25, 0.3) is 17.0 Å². The van der Waals surface area contributed by atoms with Crippen molar-refractivity contribution in [1.29, 1.82) is 0 Å². The summed E-state index contributed by atoms with van der Waals surface area (Å²) in [6, 6.07) is 21.5. The normalized spacial score (nSPS) is 15.8. The Morgan fingerprint density at radius 2 is 1.80 bits per heavy atom. The number of aryl methyl sites for hydroxylation is 1. The van der Waals surface area contributed by atoms with Crippen molar-refractivity contribution in [2.45, 2.75) is 19.9 Å². The summed E-state index contributed by atoms with van der Waals surface area (Å²) in [5.74, 6) is 1.27. The molecule has 0 saturated carbocycles. The predicted octanol–water partition coefficient (Wildman–Crippen LogP) is 6.06. The minimum Gasteiger partial charge on any atom is -0.497 e. The van der Waals surface area contributed by atoms with E-state index in [0.29, 0.717) is 16.8 Å². The molecular formula is C27H23FN4O2S. The fraction of sp³-hybridized carbons (Fsp3) is 0.148. The minimum atomic E-state index is -0.361. The van der Waals surface area contributed by atoms with Crippen LogP contribution in [0.3, 0.4) is 0 Å². The third kappa shape index (κ3) is 4.40. The Hall–Kier alpha value is -4.04. The molecule has 1 unspecified atom stereocenters. The Morgan fingerprint density at radius 1 is 1.03 bits per heavy atom.